The molecule has 0 N–H and O–H groups in total. The van der Waals surface area contributed by atoms with Gasteiger partial charge >= 0.3 is 0 Å². The maximum Gasteiger partial charge on any atom is 0.128 e. The van der Waals surface area contributed by atoms with E-state index < -0.39 is 0 Å². The number of aryl methyl sites for hydroxylation is 1. The zero-order valence-corrected chi connectivity index (χ0v) is 14.5. The van der Waals surface area contributed by atoms with Crippen molar-refractivity contribution in [1.82, 2.24) is 9.88 Å². The van der Waals surface area contributed by atoms with Crippen molar-refractivity contribution in [3.05, 3.63) is 71.1 Å². The van der Waals surface area contributed by atoms with E-state index in [1.807, 2.05) is 50.4 Å². The summed E-state index contributed by atoms with van der Waals surface area (Å²) in [5.74, 6) is 0.894. The van der Waals surface area contributed by atoms with E-state index in [1.165, 1.54) is 0 Å². The maximum atomic E-state index is 9.05. The van der Waals surface area contributed by atoms with Crippen molar-refractivity contribution in [2.75, 3.05) is 13.7 Å². The summed E-state index contributed by atoms with van der Waals surface area (Å²) in [7, 11) is 1.69. The van der Waals surface area contributed by atoms with Gasteiger partial charge in [-0.25, -0.2) is 0 Å². The molecule has 0 bridgehead atoms. The molecule has 0 unspecified atom stereocenters. The van der Waals surface area contributed by atoms with Gasteiger partial charge in [-0.2, -0.15) is 5.26 Å². The summed E-state index contributed by atoms with van der Waals surface area (Å²) >= 11 is 0. The quantitative estimate of drug-likeness (QED) is 0.728. The second-order valence-corrected chi connectivity index (χ2v) is 5.82. The Labute approximate surface area is 144 Å². The molecule has 0 amide bonds. The number of nitriles is 1. The number of benzene rings is 1. The molecule has 4 nitrogen and oxygen atoms in total. The molecule has 0 fully saturated rings. The van der Waals surface area contributed by atoms with Gasteiger partial charge in [0.05, 0.1) is 24.4 Å². The largest absolute Gasteiger partial charge is 0.496 e. The van der Waals surface area contributed by atoms with Gasteiger partial charge in [-0.1, -0.05) is 18.2 Å². The molecule has 2 aromatic rings. The van der Waals surface area contributed by atoms with Crippen LogP contribution < -0.4 is 4.74 Å². The molecule has 0 aliphatic heterocycles. The summed E-state index contributed by atoms with van der Waals surface area (Å²) in [5.41, 5.74) is 4.88. The van der Waals surface area contributed by atoms with Crippen LogP contribution in [-0.2, 0) is 13.1 Å². The number of nitrogens with zero attached hydrogens (tertiary/aromatic N) is 3. The molecule has 0 spiro atoms. The topological polar surface area (TPSA) is 49.2 Å². The Hall–Kier alpha value is -2.64. The SMILES string of the molecule is C=CCN(Cc1cccc(C#N)c1)Cc1ncc(C)c(OC)c1C. The molecule has 2 rings (SSSR count). The molecule has 0 aliphatic carbocycles. The third-order valence-corrected chi connectivity index (χ3v) is 3.97. The number of ether oxygens (including phenoxy) is 1. The van der Waals surface area contributed by atoms with Gasteiger partial charge in [0.2, 0.25) is 0 Å². The molecule has 1 aromatic heterocycles. The lowest BCUT2D eigenvalue weighted by molar-refractivity contribution is 0.281. The van der Waals surface area contributed by atoms with E-state index in [2.05, 4.69) is 22.5 Å². The maximum absolute atomic E-state index is 9.05. The molecule has 0 radical (unpaired) electrons. The first-order chi connectivity index (χ1) is 11.6. The second kappa shape index (κ2) is 8.28. The highest BCUT2D eigenvalue weighted by Gasteiger charge is 2.13. The number of hydrogen-bond acceptors (Lipinski definition) is 4. The standard InChI is InChI=1S/C20H23N3O/c1-5-9-23(13-18-8-6-7-17(10-18)11-21)14-19-16(3)20(24-4)15(2)12-22-19/h5-8,10,12H,1,9,13-14H2,2-4H3. The summed E-state index contributed by atoms with van der Waals surface area (Å²) in [5, 5.41) is 9.05. The van der Waals surface area contributed by atoms with Gasteiger partial charge in [-0.3, -0.25) is 9.88 Å². The molecule has 0 aliphatic rings. The lowest BCUT2D eigenvalue weighted by Crippen LogP contribution is -2.24. The molecule has 0 atom stereocenters. The smallest absolute Gasteiger partial charge is 0.128 e. The molecule has 0 saturated heterocycles. The molecule has 1 heterocycles. The van der Waals surface area contributed by atoms with Crippen molar-refractivity contribution in [2.45, 2.75) is 26.9 Å². The number of hydrogen-bond donors (Lipinski definition) is 0. The number of pyridine rings is 1. The van der Waals surface area contributed by atoms with Crippen molar-refractivity contribution in [1.29, 1.82) is 5.26 Å². The fourth-order valence-electron chi connectivity index (χ4n) is 2.81. The Bertz CT molecular complexity index is 762. The van der Waals surface area contributed by atoms with Crippen LogP contribution in [0.5, 0.6) is 5.75 Å². The van der Waals surface area contributed by atoms with Crippen LogP contribution in [0.15, 0.2) is 43.1 Å². The summed E-state index contributed by atoms with van der Waals surface area (Å²) in [6, 6.07) is 9.87. The number of aromatic nitrogens is 1. The lowest BCUT2D eigenvalue weighted by atomic mass is 10.1. The van der Waals surface area contributed by atoms with Gasteiger partial charge in [-0.05, 0) is 31.5 Å². The highest BCUT2D eigenvalue weighted by Crippen LogP contribution is 2.25. The van der Waals surface area contributed by atoms with Crippen molar-refractivity contribution >= 4 is 0 Å². The van der Waals surface area contributed by atoms with Crippen molar-refractivity contribution in [3.63, 3.8) is 0 Å². The highest BCUT2D eigenvalue weighted by molar-refractivity contribution is 5.41. The summed E-state index contributed by atoms with van der Waals surface area (Å²) in [6.07, 6.45) is 3.73. The van der Waals surface area contributed by atoms with Crippen LogP contribution in [-0.4, -0.2) is 23.5 Å². The van der Waals surface area contributed by atoms with E-state index >= 15 is 0 Å². The Morgan fingerprint density at radius 1 is 1.33 bits per heavy atom. The lowest BCUT2D eigenvalue weighted by Gasteiger charge is -2.22. The molecular formula is C20H23N3O. The van der Waals surface area contributed by atoms with Crippen molar-refractivity contribution < 1.29 is 4.74 Å². The molecular weight excluding hydrogens is 298 g/mol. The fourth-order valence-corrected chi connectivity index (χ4v) is 2.81. The van der Waals surface area contributed by atoms with Crippen molar-refractivity contribution in [2.24, 2.45) is 0 Å². The zero-order valence-electron chi connectivity index (χ0n) is 14.5. The third kappa shape index (κ3) is 4.21. The van der Waals surface area contributed by atoms with E-state index in [1.54, 1.807) is 7.11 Å². The monoisotopic (exact) mass is 321 g/mol. The van der Waals surface area contributed by atoms with E-state index in [-0.39, 0.29) is 0 Å². The molecule has 4 heteroatoms. The van der Waals surface area contributed by atoms with Crippen LogP contribution in [0.2, 0.25) is 0 Å². The Balaban J connectivity index is 2.23. The molecule has 1 aromatic carbocycles. The summed E-state index contributed by atoms with van der Waals surface area (Å²) in [4.78, 5) is 6.82. The van der Waals surface area contributed by atoms with E-state index in [0.29, 0.717) is 12.1 Å². The van der Waals surface area contributed by atoms with Gasteiger partial charge in [0, 0.05) is 37.0 Å². The van der Waals surface area contributed by atoms with Gasteiger partial charge < -0.3 is 4.74 Å². The average molecular weight is 321 g/mol. The van der Waals surface area contributed by atoms with E-state index in [4.69, 9.17) is 10.00 Å². The van der Waals surface area contributed by atoms with Gasteiger partial charge in [-0.15, -0.1) is 6.58 Å². The summed E-state index contributed by atoms with van der Waals surface area (Å²) < 4.78 is 5.49. The van der Waals surface area contributed by atoms with E-state index in [9.17, 15) is 0 Å². The van der Waals surface area contributed by atoms with Gasteiger partial charge in [0.25, 0.3) is 0 Å². The normalized spacial score (nSPS) is 10.5. The average Bonchev–Trinajstić information content (AvgIpc) is 2.58. The minimum absolute atomic E-state index is 0.678. The summed E-state index contributed by atoms with van der Waals surface area (Å²) in [6.45, 7) is 10.1. The predicted molar refractivity (Wildman–Crippen MR) is 95.7 cm³/mol. The number of methoxy groups -OCH3 is 1. The Morgan fingerprint density at radius 3 is 2.79 bits per heavy atom. The Kier molecular flexibility index (Phi) is 6.11. The van der Waals surface area contributed by atoms with Gasteiger partial charge in [0.15, 0.2) is 0 Å². The van der Waals surface area contributed by atoms with Crippen molar-refractivity contribution in [3.8, 4) is 11.8 Å². The van der Waals surface area contributed by atoms with Gasteiger partial charge in [0.1, 0.15) is 5.75 Å². The third-order valence-electron chi connectivity index (χ3n) is 3.97. The van der Waals surface area contributed by atoms with Crippen LogP contribution in [0, 0.1) is 25.2 Å². The Morgan fingerprint density at radius 2 is 2.12 bits per heavy atom. The van der Waals surface area contributed by atoms with E-state index in [0.717, 1.165) is 41.2 Å². The molecule has 24 heavy (non-hydrogen) atoms. The van der Waals surface area contributed by atoms with Crippen LogP contribution in [0.4, 0.5) is 0 Å². The molecule has 124 valence electrons. The number of rotatable bonds is 7. The fraction of sp³-hybridized carbons (Fsp3) is 0.300. The zero-order chi connectivity index (χ0) is 17.5. The first kappa shape index (κ1) is 17.7. The first-order valence-electron chi connectivity index (χ1n) is 7.90. The van der Waals surface area contributed by atoms with Crippen LogP contribution in [0.1, 0.15) is 27.9 Å². The molecule has 0 saturated carbocycles. The highest BCUT2D eigenvalue weighted by atomic mass is 16.5. The minimum atomic E-state index is 0.678. The second-order valence-electron chi connectivity index (χ2n) is 5.82. The minimum Gasteiger partial charge on any atom is -0.496 e. The van der Waals surface area contributed by atoms with Crippen LogP contribution in [0.3, 0.4) is 0 Å². The first-order valence-corrected chi connectivity index (χ1v) is 7.90. The predicted octanol–water partition coefficient (Wildman–Crippen LogP) is 3.77. The van der Waals surface area contributed by atoms with Crippen LogP contribution in [0.25, 0.3) is 0 Å². The van der Waals surface area contributed by atoms with Crippen LogP contribution >= 0.6 is 0 Å².